The van der Waals surface area contributed by atoms with Crippen molar-refractivity contribution >= 4 is 33.1 Å². The molecule has 2 heterocycles. The molecule has 3 rings (SSSR count). The van der Waals surface area contributed by atoms with Crippen molar-refractivity contribution in [3.8, 4) is 0 Å². The van der Waals surface area contributed by atoms with Gasteiger partial charge >= 0.3 is 0 Å². The van der Waals surface area contributed by atoms with Gasteiger partial charge in [0.05, 0.1) is 29.5 Å². The van der Waals surface area contributed by atoms with Crippen LogP contribution in [0.2, 0.25) is 0 Å². The third kappa shape index (κ3) is 5.52. The van der Waals surface area contributed by atoms with E-state index < -0.39 is 5.82 Å². The van der Waals surface area contributed by atoms with E-state index in [2.05, 4.69) is 26.3 Å². The number of aromatic nitrogens is 2. The van der Waals surface area contributed by atoms with Crippen molar-refractivity contribution in [2.24, 2.45) is 0 Å². The van der Waals surface area contributed by atoms with Crippen molar-refractivity contribution < 1.29 is 18.7 Å². The number of carbonyl (C=O) groups is 2. The average molecular weight is 476 g/mol. The van der Waals surface area contributed by atoms with Gasteiger partial charge in [0.1, 0.15) is 5.82 Å². The zero-order chi connectivity index (χ0) is 21.9. The molecule has 0 saturated carbocycles. The van der Waals surface area contributed by atoms with Gasteiger partial charge in [0.2, 0.25) is 0 Å². The van der Waals surface area contributed by atoms with E-state index >= 15 is 0 Å². The lowest BCUT2D eigenvalue weighted by atomic mass is 10.0. The number of nitrogens with zero attached hydrogens (tertiary/aromatic N) is 2. The third-order valence-electron chi connectivity index (χ3n) is 4.36. The fourth-order valence-electron chi connectivity index (χ4n) is 2.92. The highest BCUT2D eigenvalue weighted by Crippen LogP contribution is 2.19. The van der Waals surface area contributed by atoms with E-state index in [1.165, 1.54) is 24.4 Å². The Bertz CT molecular complexity index is 1090. The quantitative estimate of drug-likeness (QED) is 0.410. The SMILES string of the molecule is CC(C)(C)OCCNC(=O)c1ccc(F)c(CC(=O)c2cnn3cc(Br)ccc23)c1. The fraction of sp³-hybridized carbons (Fsp3) is 0.318. The number of nitrogens with one attached hydrogen (secondary N) is 1. The normalized spacial score (nSPS) is 11.6. The molecule has 2 aromatic heterocycles. The zero-order valence-electron chi connectivity index (χ0n) is 17.0. The number of fused-ring (bicyclic) bond motifs is 1. The summed E-state index contributed by atoms with van der Waals surface area (Å²) in [4.78, 5) is 25.1. The summed E-state index contributed by atoms with van der Waals surface area (Å²) in [6, 6.07) is 7.59. The van der Waals surface area contributed by atoms with E-state index in [4.69, 9.17) is 4.74 Å². The van der Waals surface area contributed by atoms with Crippen LogP contribution in [0.3, 0.4) is 0 Å². The van der Waals surface area contributed by atoms with Crippen LogP contribution in [0.25, 0.3) is 5.52 Å². The van der Waals surface area contributed by atoms with Gasteiger partial charge in [-0.05, 0) is 72.6 Å². The first-order valence-corrected chi connectivity index (χ1v) is 10.3. The molecule has 8 heteroatoms. The first-order chi connectivity index (χ1) is 14.1. The molecule has 0 fully saturated rings. The third-order valence-corrected chi connectivity index (χ3v) is 4.83. The molecule has 0 bridgehead atoms. The van der Waals surface area contributed by atoms with Gasteiger partial charge < -0.3 is 10.1 Å². The maximum absolute atomic E-state index is 14.3. The number of halogens is 2. The number of ketones is 1. The highest BCUT2D eigenvalue weighted by atomic mass is 79.9. The van der Waals surface area contributed by atoms with Gasteiger partial charge in [0.15, 0.2) is 5.78 Å². The van der Waals surface area contributed by atoms with E-state index in [9.17, 15) is 14.0 Å². The summed E-state index contributed by atoms with van der Waals surface area (Å²) in [5.74, 6) is -1.15. The van der Waals surface area contributed by atoms with Gasteiger partial charge in [0.25, 0.3) is 5.91 Å². The minimum absolute atomic E-state index is 0.162. The number of hydrogen-bond donors (Lipinski definition) is 1. The van der Waals surface area contributed by atoms with Crippen molar-refractivity contribution in [2.75, 3.05) is 13.2 Å². The second-order valence-corrected chi connectivity index (χ2v) is 8.77. The van der Waals surface area contributed by atoms with Crippen molar-refractivity contribution in [3.63, 3.8) is 0 Å². The summed E-state index contributed by atoms with van der Waals surface area (Å²) >= 11 is 3.35. The molecule has 6 nitrogen and oxygen atoms in total. The Labute approximate surface area is 182 Å². The minimum atomic E-state index is -0.532. The first kappa shape index (κ1) is 22.1. The van der Waals surface area contributed by atoms with Crippen LogP contribution in [-0.2, 0) is 11.2 Å². The van der Waals surface area contributed by atoms with Gasteiger partial charge in [-0.2, -0.15) is 5.10 Å². The molecule has 1 N–H and O–H groups in total. The van der Waals surface area contributed by atoms with Crippen LogP contribution in [0, 0.1) is 5.82 Å². The summed E-state index contributed by atoms with van der Waals surface area (Å²) in [7, 11) is 0. The predicted molar refractivity (Wildman–Crippen MR) is 115 cm³/mol. The monoisotopic (exact) mass is 475 g/mol. The maximum Gasteiger partial charge on any atom is 0.251 e. The largest absolute Gasteiger partial charge is 0.374 e. The summed E-state index contributed by atoms with van der Waals surface area (Å²) in [6.07, 6.45) is 3.03. The van der Waals surface area contributed by atoms with Crippen LogP contribution >= 0.6 is 15.9 Å². The molecule has 0 spiro atoms. The lowest BCUT2D eigenvalue weighted by Gasteiger charge is -2.19. The number of Topliss-reactive ketones (excluding diaryl/α,β-unsaturated/α-hetero) is 1. The first-order valence-electron chi connectivity index (χ1n) is 9.51. The molecule has 0 atom stereocenters. The topological polar surface area (TPSA) is 72.7 Å². The van der Waals surface area contributed by atoms with Crippen LogP contribution in [0.4, 0.5) is 4.39 Å². The number of hydrogen-bond acceptors (Lipinski definition) is 4. The lowest BCUT2D eigenvalue weighted by molar-refractivity contribution is -0.000655. The smallest absolute Gasteiger partial charge is 0.251 e. The minimum Gasteiger partial charge on any atom is -0.374 e. The molecule has 3 aromatic rings. The van der Waals surface area contributed by atoms with E-state index in [1.807, 2.05) is 26.8 Å². The van der Waals surface area contributed by atoms with Crippen molar-refractivity contribution in [2.45, 2.75) is 32.8 Å². The Balaban J connectivity index is 1.70. The predicted octanol–water partition coefficient (Wildman–Crippen LogP) is 4.21. The molecule has 0 saturated heterocycles. The molecule has 0 aliphatic carbocycles. The van der Waals surface area contributed by atoms with Gasteiger partial charge in [-0.3, -0.25) is 9.59 Å². The summed E-state index contributed by atoms with van der Waals surface area (Å²) in [5.41, 5.74) is 1.20. The average Bonchev–Trinajstić information content (AvgIpc) is 3.09. The number of rotatable bonds is 7. The molecule has 0 aliphatic rings. The number of benzene rings is 1. The van der Waals surface area contributed by atoms with Crippen LogP contribution in [0.5, 0.6) is 0 Å². The molecule has 0 aliphatic heterocycles. The number of carbonyl (C=O) groups excluding carboxylic acids is 2. The Kier molecular flexibility index (Phi) is 6.67. The van der Waals surface area contributed by atoms with E-state index in [1.54, 1.807) is 16.8 Å². The van der Waals surface area contributed by atoms with Crippen LogP contribution in [-0.4, -0.2) is 40.1 Å². The Morgan fingerprint density at radius 1 is 1.23 bits per heavy atom. The maximum atomic E-state index is 14.3. The summed E-state index contributed by atoms with van der Waals surface area (Å²) in [5, 5.41) is 6.90. The van der Waals surface area contributed by atoms with Crippen molar-refractivity contribution in [1.82, 2.24) is 14.9 Å². The van der Waals surface area contributed by atoms with E-state index in [0.717, 1.165) is 4.47 Å². The molecule has 1 aromatic carbocycles. The molecular weight excluding hydrogens is 453 g/mol. The summed E-state index contributed by atoms with van der Waals surface area (Å²) in [6.45, 7) is 6.50. The fourth-order valence-corrected chi connectivity index (χ4v) is 3.24. The molecule has 30 heavy (non-hydrogen) atoms. The second-order valence-electron chi connectivity index (χ2n) is 7.86. The number of amides is 1. The molecular formula is C22H23BrFN3O3. The van der Waals surface area contributed by atoms with Gasteiger partial charge in [-0.25, -0.2) is 8.91 Å². The second kappa shape index (κ2) is 9.06. The number of ether oxygens (including phenoxy) is 1. The molecule has 0 radical (unpaired) electrons. The van der Waals surface area contributed by atoms with Crippen LogP contribution < -0.4 is 5.32 Å². The van der Waals surface area contributed by atoms with E-state index in [0.29, 0.717) is 29.8 Å². The van der Waals surface area contributed by atoms with Gasteiger partial charge in [-0.15, -0.1) is 0 Å². The Morgan fingerprint density at radius 3 is 2.73 bits per heavy atom. The molecule has 158 valence electrons. The van der Waals surface area contributed by atoms with Gasteiger partial charge in [0, 0.05) is 29.2 Å². The van der Waals surface area contributed by atoms with Crippen LogP contribution in [0.15, 0.2) is 47.2 Å². The molecule has 1 amide bonds. The highest BCUT2D eigenvalue weighted by molar-refractivity contribution is 9.10. The van der Waals surface area contributed by atoms with Crippen molar-refractivity contribution in [3.05, 3.63) is 69.7 Å². The summed E-state index contributed by atoms with van der Waals surface area (Å²) < 4.78 is 22.3. The Hall–Kier alpha value is -2.58. The van der Waals surface area contributed by atoms with Crippen LogP contribution in [0.1, 0.15) is 47.1 Å². The Morgan fingerprint density at radius 2 is 2.00 bits per heavy atom. The zero-order valence-corrected chi connectivity index (χ0v) is 18.6. The lowest BCUT2D eigenvalue weighted by Crippen LogP contribution is -2.30. The van der Waals surface area contributed by atoms with Gasteiger partial charge in [-0.1, -0.05) is 0 Å². The van der Waals surface area contributed by atoms with E-state index in [-0.39, 0.29) is 29.3 Å². The number of pyridine rings is 1. The standard InChI is InChI=1S/C22H23BrFN3O3/c1-22(2,3)30-9-8-25-21(29)14-4-6-18(24)15(10-14)11-20(28)17-12-26-27-13-16(23)5-7-19(17)27/h4-7,10,12-13H,8-9,11H2,1-3H3,(H,25,29). The van der Waals surface area contributed by atoms with Crippen molar-refractivity contribution in [1.29, 1.82) is 0 Å². The highest BCUT2D eigenvalue weighted by Gasteiger charge is 2.17. The molecule has 0 unspecified atom stereocenters.